The zero-order chi connectivity index (χ0) is 28.4. The maximum absolute atomic E-state index is 10.4. The summed E-state index contributed by atoms with van der Waals surface area (Å²) >= 11 is 0. The van der Waals surface area contributed by atoms with E-state index in [4.69, 9.17) is 14.7 Å². The number of phenolic OH excluding ortho intramolecular Hbond substituents is 1. The van der Waals surface area contributed by atoms with Crippen LogP contribution in [0.25, 0.3) is 22.3 Å². The number of para-hydroxylation sites is 1. The lowest BCUT2D eigenvalue weighted by Crippen LogP contribution is -2.65. The first kappa shape index (κ1) is 25.9. The molecular formula is C32H38N8O2. The first-order chi connectivity index (χ1) is 20.5. The first-order valence-electron chi connectivity index (χ1n) is 15.3. The monoisotopic (exact) mass is 566 g/mol. The van der Waals surface area contributed by atoms with Gasteiger partial charge in [0.2, 0.25) is 11.8 Å². The highest BCUT2D eigenvalue weighted by atomic mass is 16.5. The quantitative estimate of drug-likeness (QED) is 0.327. The lowest BCUT2D eigenvalue weighted by Gasteiger charge is -2.58. The Kier molecular flexibility index (Phi) is 6.12. The van der Waals surface area contributed by atoms with Gasteiger partial charge in [0.1, 0.15) is 5.75 Å². The fourth-order valence-corrected chi connectivity index (χ4v) is 7.90. The molecule has 1 spiro atoms. The fourth-order valence-electron chi connectivity index (χ4n) is 7.90. The number of aromatic nitrogens is 5. The predicted molar refractivity (Wildman–Crippen MR) is 161 cm³/mol. The van der Waals surface area contributed by atoms with Crippen LogP contribution in [0.1, 0.15) is 61.4 Å². The Bertz CT molecular complexity index is 1630. The van der Waals surface area contributed by atoms with Crippen LogP contribution in [0.3, 0.4) is 0 Å². The van der Waals surface area contributed by atoms with E-state index < -0.39 is 0 Å². The van der Waals surface area contributed by atoms with E-state index in [1.54, 1.807) is 13.2 Å². The molecule has 8 rings (SSSR count). The van der Waals surface area contributed by atoms with E-state index in [2.05, 4.69) is 37.2 Å². The number of ether oxygens (including phenoxy) is 1. The van der Waals surface area contributed by atoms with Gasteiger partial charge in [0.05, 0.1) is 18.8 Å². The average molecular weight is 567 g/mol. The average Bonchev–Trinajstić information content (AvgIpc) is 3.35. The standard InChI is InChI=1S/C32H38N8O2/c1-19-28-23-13-26(22-5-3-4-6-27(22)41)37-38-29(23)35-25(28)9-12-40(19)31-34-16-24(30(36-31)42-2)20-7-10-39(11-8-20)21-14-32(15-21)17-33-18-32/h3-6,13,16,19-21,33,41H,7-12,14-15,17-18H2,1-2H3,(H,35,38). The second kappa shape index (κ2) is 9.91. The number of rotatable bonds is 5. The molecule has 1 atom stereocenters. The topological polar surface area (TPSA) is 115 Å². The van der Waals surface area contributed by atoms with Crippen molar-refractivity contribution in [2.75, 3.05) is 44.7 Å². The molecule has 10 nitrogen and oxygen atoms in total. The highest BCUT2D eigenvalue weighted by molar-refractivity contribution is 5.86. The van der Waals surface area contributed by atoms with Crippen LogP contribution in [0.15, 0.2) is 36.5 Å². The maximum Gasteiger partial charge on any atom is 0.229 e. The van der Waals surface area contributed by atoms with Crippen LogP contribution in [0.2, 0.25) is 0 Å². The smallest absolute Gasteiger partial charge is 0.229 e. The Labute approximate surface area is 245 Å². The van der Waals surface area contributed by atoms with E-state index in [9.17, 15) is 5.11 Å². The normalized spacial score (nSPS) is 22.6. The van der Waals surface area contributed by atoms with E-state index in [1.807, 2.05) is 30.5 Å². The maximum atomic E-state index is 10.4. The third kappa shape index (κ3) is 4.14. The molecule has 2 saturated heterocycles. The van der Waals surface area contributed by atoms with Crippen molar-refractivity contribution in [2.24, 2.45) is 5.41 Å². The van der Waals surface area contributed by atoms with Gasteiger partial charge in [0.25, 0.3) is 0 Å². The summed E-state index contributed by atoms with van der Waals surface area (Å²) < 4.78 is 5.88. The molecule has 218 valence electrons. The number of hydrogen-bond acceptors (Lipinski definition) is 9. The van der Waals surface area contributed by atoms with Crippen LogP contribution in [0, 0.1) is 5.41 Å². The van der Waals surface area contributed by atoms with Crippen molar-refractivity contribution in [1.82, 2.24) is 35.4 Å². The van der Waals surface area contributed by atoms with E-state index >= 15 is 0 Å². The van der Waals surface area contributed by atoms with E-state index in [0.717, 1.165) is 61.5 Å². The lowest BCUT2D eigenvalue weighted by atomic mass is 9.61. The molecular weight excluding hydrogens is 528 g/mol. The fraction of sp³-hybridized carbons (Fsp3) is 0.500. The van der Waals surface area contributed by atoms with Gasteiger partial charge in [0.15, 0.2) is 5.65 Å². The molecule has 0 bridgehead atoms. The number of piperidine rings is 1. The molecule has 4 aliphatic rings. The zero-order valence-corrected chi connectivity index (χ0v) is 24.3. The summed E-state index contributed by atoms with van der Waals surface area (Å²) in [5.74, 6) is 2.01. The van der Waals surface area contributed by atoms with Crippen LogP contribution >= 0.6 is 0 Å². The van der Waals surface area contributed by atoms with Crippen molar-refractivity contribution in [3.63, 3.8) is 0 Å². The Hall–Kier alpha value is -3.76. The van der Waals surface area contributed by atoms with Gasteiger partial charge >= 0.3 is 0 Å². The van der Waals surface area contributed by atoms with E-state index in [-0.39, 0.29) is 11.8 Å². The number of fused-ring (bicyclic) bond motifs is 3. The molecule has 3 N–H and O–H groups in total. The van der Waals surface area contributed by atoms with Crippen LogP contribution < -0.4 is 15.0 Å². The minimum Gasteiger partial charge on any atom is -0.507 e. The number of phenols is 1. The first-order valence-corrected chi connectivity index (χ1v) is 15.3. The summed E-state index contributed by atoms with van der Waals surface area (Å²) in [6, 6.07) is 10.1. The van der Waals surface area contributed by atoms with E-state index in [1.165, 1.54) is 37.2 Å². The largest absolute Gasteiger partial charge is 0.507 e. The minimum absolute atomic E-state index is 0.0272. The summed E-state index contributed by atoms with van der Waals surface area (Å²) in [7, 11) is 1.72. The van der Waals surface area contributed by atoms with Crippen molar-refractivity contribution in [3.05, 3.63) is 53.3 Å². The third-order valence-corrected chi connectivity index (χ3v) is 10.4. The van der Waals surface area contributed by atoms with Gasteiger partial charge in [-0.25, -0.2) is 4.98 Å². The molecule has 6 heterocycles. The summed E-state index contributed by atoms with van der Waals surface area (Å²) in [6.45, 7) is 7.69. The Morgan fingerprint density at radius 2 is 1.88 bits per heavy atom. The van der Waals surface area contributed by atoms with E-state index in [0.29, 0.717) is 34.4 Å². The van der Waals surface area contributed by atoms with Gasteiger partial charge < -0.3 is 29.9 Å². The second-order valence-electron chi connectivity index (χ2n) is 12.8. The molecule has 1 aliphatic carbocycles. The molecule has 3 aliphatic heterocycles. The molecule has 0 amide bonds. The molecule has 3 aromatic heterocycles. The van der Waals surface area contributed by atoms with Gasteiger partial charge in [-0.2, -0.15) is 4.98 Å². The number of aromatic amines is 1. The number of nitrogens with one attached hydrogen (secondary N) is 2. The molecule has 4 aromatic rings. The Balaban J connectivity index is 1.02. The summed E-state index contributed by atoms with van der Waals surface area (Å²) in [5.41, 5.74) is 6.18. The number of nitrogens with zero attached hydrogens (tertiary/aromatic N) is 6. The number of likely N-dealkylation sites (tertiary alicyclic amines) is 1. The van der Waals surface area contributed by atoms with Gasteiger partial charge in [-0.15, -0.1) is 10.2 Å². The van der Waals surface area contributed by atoms with Crippen LogP contribution in [0.5, 0.6) is 11.6 Å². The number of benzene rings is 1. The zero-order valence-electron chi connectivity index (χ0n) is 24.3. The second-order valence-corrected chi connectivity index (χ2v) is 12.8. The van der Waals surface area contributed by atoms with Gasteiger partial charge in [0, 0.05) is 66.1 Å². The number of hydrogen-bond donors (Lipinski definition) is 3. The summed E-state index contributed by atoms with van der Waals surface area (Å²) in [5, 5.41) is 23.7. The van der Waals surface area contributed by atoms with Gasteiger partial charge in [-0.3, -0.25) is 0 Å². The van der Waals surface area contributed by atoms with Crippen molar-refractivity contribution in [1.29, 1.82) is 0 Å². The highest BCUT2D eigenvalue weighted by Gasteiger charge is 2.50. The SMILES string of the molecule is COc1nc(N2CCc3[nH]c4nnc(-c5ccccc5O)cc4c3C2C)ncc1C1CCN(C2CC3(CNC3)C2)CC1. The minimum atomic E-state index is 0.0272. The highest BCUT2D eigenvalue weighted by Crippen LogP contribution is 2.48. The number of aromatic hydroxyl groups is 1. The number of H-pyrrole nitrogens is 1. The molecule has 42 heavy (non-hydrogen) atoms. The van der Waals surface area contributed by atoms with Gasteiger partial charge in [-0.05, 0) is 75.2 Å². The number of methoxy groups -OCH3 is 1. The molecule has 3 fully saturated rings. The molecule has 1 unspecified atom stereocenters. The predicted octanol–water partition coefficient (Wildman–Crippen LogP) is 4.18. The van der Waals surface area contributed by atoms with Crippen molar-refractivity contribution in [3.8, 4) is 22.9 Å². The molecule has 1 saturated carbocycles. The van der Waals surface area contributed by atoms with Crippen molar-refractivity contribution in [2.45, 2.75) is 57.0 Å². The van der Waals surface area contributed by atoms with Crippen LogP contribution in [0.4, 0.5) is 5.95 Å². The molecule has 0 radical (unpaired) electrons. The van der Waals surface area contributed by atoms with Crippen LogP contribution in [-0.4, -0.2) is 81.0 Å². The van der Waals surface area contributed by atoms with Gasteiger partial charge in [-0.1, -0.05) is 12.1 Å². The van der Waals surface area contributed by atoms with Crippen LogP contribution in [-0.2, 0) is 6.42 Å². The lowest BCUT2D eigenvalue weighted by molar-refractivity contribution is -0.0433. The third-order valence-electron chi connectivity index (χ3n) is 10.4. The Morgan fingerprint density at radius 3 is 2.62 bits per heavy atom. The molecule has 10 heteroatoms. The summed E-state index contributed by atoms with van der Waals surface area (Å²) in [4.78, 5) is 18.3. The number of anilines is 1. The summed E-state index contributed by atoms with van der Waals surface area (Å²) in [6.07, 6.45) is 7.81. The van der Waals surface area contributed by atoms with Crippen molar-refractivity contribution < 1.29 is 9.84 Å². The molecule has 1 aromatic carbocycles. The van der Waals surface area contributed by atoms with Crippen molar-refractivity contribution >= 4 is 17.0 Å². The Morgan fingerprint density at radius 1 is 1.07 bits per heavy atom.